The van der Waals surface area contributed by atoms with Gasteiger partial charge in [0.15, 0.2) is 0 Å². The monoisotopic (exact) mass is 352 g/mol. The molecule has 0 aromatic heterocycles. The van der Waals surface area contributed by atoms with E-state index in [0.29, 0.717) is 24.3 Å². The summed E-state index contributed by atoms with van der Waals surface area (Å²) in [5, 5.41) is 0. The highest BCUT2D eigenvalue weighted by Crippen LogP contribution is 2.30. The predicted molar refractivity (Wildman–Crippen MR) is 98.6 cm³/mol. The van der Waals surface area contributed by atoms with E-state index in [1.54, 1.807) is 7.11 Å². The number of likely N-dealkylation sites (tertiary alicyclic amines) is 1. The van der Waals surface area contributed by atoms with Gasteiger partial charge in [0.05, 0.1) is 7.11 Å². The van der Waals surface area contributed by atoms with Crippen LogP contribution >= 0.6 is 12.4 Å². The van der Waals surface area contributed by atoms with Gasteiger partial charge in [-0.2, -0.15) is 0 Å². The first-order valence-corrected chi connectivity index (χ1v) is 8.86. The van der Waals surface area contributed by atoms with Gasteiger partial charge in [0.1, 0.15) is 5.75 Å². The number of para-hydroxylation sites is 1. The van der Waals surface area contributed by atoms with Gasteiger partial charge in [-0.1, -0.05) is 24.6 Å². The molecule has 0 spiro atoms. The number of nitrogens with zero attached hydrogens (tertiary/aromatic N) is 1. The molecule has 2 aliphatic rings. The molecule has 24 heavy (non-hydrogen) atoms. The van der Waals surface area contributed by atoms with Gasteiger partial charge in [-0.05, 0) is 49.7 Å². The van der Waals surface area contributed by atoms with Gasteiger partial charge < -0.3 is 15.4 Å². The van der Waals surface area contributed by atoms with Gasteiger partial charge in [-0.25, -0.2) is 0 Å². The lowest BCUT2D eigenvalue weighted by atomic mass is 9.98. The van der Waals surface area contributed by atoms with Crippen molar-refractivity contribution in [3.63, 3.8) is 0 Å². The van der Waals surface area contributed by atoms with Crippen LogP contribution < -0.4 is 10.5 Å². The third-order valence-corrected chi connectivity index (χ3v) is 5.50. The number of carbonyl (C=O) groups excluding carboxylic acids is 1. The predicted octanol–water partition coefficient (Wildman–Crippen LogP) is 3.17. The van der Waals surface area contributed by atoms with E-state index >= 15 is 0 Å². The summed E-state index contributed by atoms with van der Waals surface area (Å²) in [5.41, 5.74) is 7.33. The van der Waals surface area contributed by atoms with Gasteiger partial charge >= 0.3 is 0 Å². The molecule has 1 unspecified atom stereocenters. The van der Waals surface area contributed by atoms with Crippen LogP contribution in [0, 0.1) is 5.92 Å². The van der Waals surface area contributed by atoms with E-state index in [1.807, 2.05) is 18.2 Å². The summed E-state index contributed by atoms with van der Waals surface area (Å²) in [5.74, 6) is 1.60. The molecule has 1 aromatic carbocycles. The van der Waals surface area contributed by atoms with Gasteiger partial charge in [0.2, 0.25) is 5.91 Å². The summed E-state index contributed by atoms with van der Waals surface area (Å²) in [7, 11) is 1.71. The molecule has 4 nitrogen and oxygen atoms in total. The number of carbonyl (C=O) groups is 1. The van der Waals surface area contributed by atoms with E-state index in [2.05, 4.69) is 11.0 Å². The number of hydrogen-bond donors (Lipinski definition) is 1. The van der Waals surface area contributed by atoms with Crippen molar-refractivity contribution in [2.45, 2.75) is 57.0 Å². The summed E-state index contributed by atoms with van der Waals surface area (Å²) in [6.45, 7) is 0.889. The Morgan fingerprint density at radius 1 is 1.25 bits per heavy atom. The highest BCUT2D eigenvalue weighted by molar-refractivity contribution is 5.85. The fraction of sp³-hybridized carbons (Fsp3) is 0.632. The van der Waals surface area contributed by atoms with Crippen molar-refractivity contribution in [2.75, 3.05) is 13.7 Å². The molecule has 3 rings (SSSR count). The Labute approximate surface area is 151 Å². The third kappa shape index (κ3) is 4.22. The minimum atomic E-state index is 0. The number of nitrogens with two attached hydrogens (primary N) is 1. The number of halogens is 1. The van der Waals surface area contributed by atoms with E-state index in [9.17, 15) is 4.79 Å². The lowest BCUT2D eigenvalue weighted by Gasteiger charge is -2.27. The van der Waals surface area contributed by atoms with Gasteiger partial charge in [0.25, 0.3) is 0 Å². The van der Waals surface area contributed by atoms with Gasteiger partial charge in [0, 0.05) is 25.0 Å². The minimum Gasteiger partial charge on any atom is -0.496 e. The zero-order valence-electron chi connectivity index (χ0n) is 14.4. The van der Waals surface area contributed by atoms with Crippen LogP contribution in [0.1, 0.15) is 44.1 Å². The fourth-order valence-corrected chi connectivity index (χ4v) is 4.16. The Morgan fingerprint density at radius 3 is 2.75 bits per heavy atom. The van der Waals surface area contributed by atoms with Crippen LogP contribution in [0.3, 0.4) is 0 Å². The molecule has 1 saturated carbocycles. The number of benzene rings is 1. The Morgan fingerprint density at radius 2 is 2.04 bits per heavy atom. The number of rotatable bonds is 5. The van der Waals surface area contributed by atoms with E-state index in [-0.39, 0.29) is 18.4 Å². The molecule has 0 bridgehead atoms. The highest BCUT2D eigenvalue weighted by atomic mass is 35.5. The summed E-state index contributed by atoms with van der Waals surface area (Å²) in [4.78, 5) is 14.8. The molecule has 0 radical (unpaired) electrons. The molecule has 5 heteroatoms. The zero-order valence-corrected chi connectivity index (χ0v) is 15.3. The van der Waals surface area contributed by atoms with E-state index in [4.69, 9.17) is 10.5 Å². The van der Waals surface area contributed by atoms with Crippen molar-refractivity contribution in [3.05, 3.63) is 29.8 Å². The molecule has 1 saturated heterocycles. The van der Waals surface area contributed by atoms with Crippen molar-refractivity contribution in [2.24, 2.45) is 11.7 Å². The zero-order chi connectivity index (χ0) is 16.2. The highest BCUT2D eigenvalue weighted by Gasteiger charge is 2.33. The number of methoxy groups -OCH3 is 1. The molecular formula is C19H29ClN2O2. The Bertz CT molecular complexity index is 552. The second kappa shape index (κ2) is 8.72. The molecule has 3 atom stereocenters. The molecule has 1 aromatic rings. The normalized spacial score (nSPS) is 26.2. The Balaban J connectivity index is 0.00000208. The topological polar surface area (TPSA) is 55.6 Å². The summed E-state index contributed by atoms with van der Waals surface area (Å²) in [6.07, 6.45) is 7.04. The smallest absolute Gasteiger partial charge is 0.223 e. The third-order valence-electron chi connectivity index (χ3n) is 5.50. The second-order valence-electron chi connectivity index (χ2n) is 6.96. The van der Waals surface area contributed by atoms with Crippen LogP contribution in [-0.4, -0.2) is 36.5 Å². The Kier molecular flexibility index (Phi) is 6.93. The van der Waals surface area contributed by atoms with E-state index in [1.165, 1.54) is 12.0 Å². The Hall–Kier alpha value is -1.26. The van der Waals surface area contributed by atoms with Crippen molar-refractivity contribution >= 4 is 18.3 Å². The van der Waals surface area contributed by atoms with Crippen molar-refractivity contribution in [1.29, 1.82) is 0 Å². The molecule has 1 heterocycles. The maximum atomic E-state index is 12.7. The summed E-state index contributed by atoms with van der Waals surface area (Å²) < 4.78 is 5.45. The number of amides is 1. The van der Waals surface area contributed by atoms with Crippen LogP contribution in [0.25, 0.3) is 0 Å². The summed E-state index contributed by atoms with van der Waals surface area (Å²) >= 11 is 0. The lowest BCUT2D eigenvalue weighted by molar-refractivity contribution is -0.133. The largest absolute Gasteiger partial charge is 0.496 e. The van der Waals surface area contributed by atoms with Gasteiger partial charge in [-0.3, -0.25) is 4.79 Å². The standard InChI is InChI=1S/C19H28N2O2.ClH/c1-23-18-10-3-2-6-15(18)12-16-8-5-11-21(16)19(22)13-14-7-4-9-17(14)20;/h2-3,6,10,14,16-17H,4-5,7-9,11-13,20H2,1H3;1H/t14-,16?,17+;/m0./s1. The molecule has 1 aliphatic heterocycles. The van der Waals surface area contributed by atoms with E-state index in [0.717, 1.165) is 44.4 Å². The lowest BCUT2D eigenvalue weighted by Crippen LogP contribution is -2.39. The first kappa shape index (κ1) is 19.1. The van der Waals surface area contributed by atoms with Gasteiger partial charge in [-0.15, -0.1) is 12.4 Å². The average molecular weight is 353 g/mol. The maximum absolute atomic E-state index is 12.7. The minimum absolute atomic E-state index is 0. The van der Waals surface area contributed by atoms with Crippen LogP contribution in [0.5, 0.6) is 5.75 Å². The van der Waals surface area contributed by atoms with Crippen LogP contribution in [-0.2, 0) is 11.2 Å². The van der Waals surface area contributed by atoms with Crippen molar-refractivity contribution in [3.8, 4) is 5.75 Å². The first-order valence-electron chi connectivity index (χ1n) is 8.86. The molecule has 2 N–H and O–H groups in total. The van der Waals surface area contributed by atoms with Crippen molar-refractivity contribution in [1.82, 2.24) is 4.90 Å². The number of hydrogen-bond acceptors (Lipinski definition) is 3. The van der Waals surface area contributed by atoms with E-state index < -0.39 is 0 Å². The van der Waals surface area contributed by atoms with Crippen LogP contribution in [0.2, 0.25) is 0 Å². The first-order chi connectivity index (χ1) is 11.2. The number of ether oxygens (including phenoxy) is 1. The average Bonchev–Trinajstić information content (AvgIpc) is 3.17. The summed E-state index contributed by atoms with van der Waals surface area (Å²) in [6, 6.07) is 8.64. The molecule has 1 aliphatic carbocycles. The SMILES string of the molecule is COc1ccccc1CC1CCCN1C(=O)C[C@@H]1CCC[C@H]1N.Cl. The molecule has 1 amide bonds. The molecular weight excluding hydrogens is 324 g/mol. The van der Waals surface area contributed by atoms with Crippen LogP contribution in [0.15, 0.2) is 24.3 Å². The molecule has 2 fully saturated rings. The van der Waals surface area contributed by atoms with Crippen molar-refractivity contribution < 1.29 is 9.53 Å². The fourth-order valence-electron chi connectivity index (χ4n) is 4.16. The second-order valence-corrected chi connectivity index (χ2v) is 6.96. The molecule has 134 valence electrons. The maximum Gasteiger partial charge on any atom is 0.223 e. The quantitative estimate of drug-likeness (QED) is 0.885. The van der Waals surface area contributed by atoms with Crippen LogP contribution in [0.4, 0.5) is 0 Å².